The van der Waals surface area contributed by atoms with Gasteiger partial charge in [-0.05, 0) is 44.5 Å². The molecular weight excluding hydrogens is 384 g/mol. The molecule has 0 fully saturated rings. The molecule has 1 heterocycles. The zero-order valence-corrected chi connectivity index (χ0v) is 18.0. The summed E-state index contributed by atoms with van der Waals surface area (Å²) in [6.45, 7) is 6.22. The number of hydrogen-bond donors (Lipinski definition) is 0. The van der Waals surface area contributed by atoms with E-state index in [9.17, 15) is 13.2 Å². The number of carbonyl (C=O) groups is 1. The van der Waals surface area contributed by atoms with Crippen LogP contribution in [0, 0.1) is 20.8 Å². The minimum atomic E-state index is -3.72. The monoisotopic (exact) mass is 410 g/mol. The van der Waals surface area contributed by atoms with Crippen molar-refractivity contribution < 1.29 is 13.2 Å². The molecule has 6 heteroatoms. The lowest BCUT2D eigenvalue weighted by Gasteiger charge is -2.17. The molecule has 3 aromatic rings. The summed E-state index contributed by atoms with van der Waals surface area (Å²) in [5, 5.41) is 0. The lowest BCUT2D eigenvalue weighted by Crippen LogP contribution is -2.32. The first-order valence-electron chi connectivity index (χ1n) is 9.47. The van der Waals surface area contributed by atoms with E-state index in [1.54, 1.807) is 24.3 Å². The van der Waals surface area contributed by atoms with Gasteiger partial charge in [-0.3, -0.25) is 4.79 Å². The highest BCUT2D eigenvalue weighted by molar-refractivity contribution is 7.89. The van der Waals surface area contributed by atoms with E-state index in [0.29, 0.717) is 12.1 Å². The van der Waals surface area contributed by atoms with Crippen LogP contribution in [-0.4, -0.2) is 36.7 Å². The molecule has 0 N–H and O–H groups in total. The molecule has 5 nitrogen and oxygen atoms in total. The SMILES string of the molecule is Cc1ccc(S(=O)(=O)N(C)CC(=O)c2cc(C)n(Cc3ccccc3)c2C)cc1. The third kappa shape index (κ3) is 4.49. The molecule has 0 bridgehead atoms. The van der Waals surface area contributed by atoms with Crippen LogP contribution in [-0.2, 0) is 16.6 Å². The number of sulfonamides is 1. The van der Waals surface area contributed by atoms with Gasteiger partial charge in [-0.2, -0.15) is 4.31 Å². The van der Waals surface area contributed by atoms with Crippen molar-refractivity contribution in [3.8, 4) is 0 Å². The summed E-state index contributed by atoms with van der Waals surface area (Å²) in [5.74, 6) is -0.212. The smallest absolute Gasteiger partial charge is 0.243 e. The summed E-state index contributed by atoms with van der Waals surface area (Å²) in [5.41, 5.74) is 4.50. The van der Waals surface area contributed by atoms with Crippen LogP contribution in [0.5, 0.6) is 0 Å². The fourth-order valence-electron chi connectivity index (χ4n) is 3.36. The van der Waals surface area contributed by atoms with E-state index in [-0.39, 0.29) is 17.2 Å². The molecule has 1 aromatic heterocycles. The van der Waals surface area contributed by atoms with Crippen molar-refractivity contribution in [1.82, 2.24) is 8.87 Å². The molecule has 152 valence electrons. The second-order valence-corrected chi connectivity index (χ2v) is 9.40. The number of nitrogens with zero attached hydrogens (tertiary/aromatic N) is 2. The van der Waals surface area contributed by atoms with Gasteiger partial charge in [0.2, 0.25) is 10.0 Å². The average molecular weight is 411 g/mol. The van der Waals surface area contributed by atoms with Crippen LogP contribution in [0.2, 0.25) is 0 Å². The second kappa shape index (κ2) is 8.35. The first-order chi connectivity index (χ1) is 13.7. The highest BCUT2D eigenvalue weighted by Crippen LogP contribution is 2.20. The Morgan fingerprint density at radius 3 is 2.21 bits per heavy atom. The number of likely N-dealkylation sites (N-methyl/N-ethyl adjacent to an activating group) is 1. The zero-order valence-electron chi connectivity index (χ0n) is 17.2. The number of Topliss-reactive ketones (excluding diaryl/α,β-unsaturated/α-hetero) is 1. The molecule has 0 saturated heterocycles. The number of aromatic nitrogens is 1. The van der Waals surface area contributed by atoms with Crippen LogP contribution < -0.4 is 0 Å². The summed E-state index contributed by atoms with van der Waals surface area (Å²) in [6.07, 6.45) is 0. The number of benzene rings is 2. The van der Waals surface area contributed by atoms with Crippen molar-refractivity contribution in [2.24, 2.45) is 0 Å². The van der Waals surface area contributed by atoms with Crippen LogP contribution in [0.3, 0.4) is 0 Å². The largest absolute Gasteiger partial charge is 0.344 e. The Hall–Kier alpha value is -2.70. The second-order valence-electron chi connectivity index (χ2n) is 7.35. The molecule has 0 aliphatic carbocycles. The Morgan fingerprint density at radius 2 is 1.59 bits per heavy atom. The lowest BCUT2D eigenvalue weighted by molar-refractivity contribution is 0.0972. The normalized spacial score (nSPS) is 11.8. The lowest BCUT2D eigenvalue weighted by atomic mass is 10.1. The summed E-state index contributed by atoms with van der Waals surface area (Å²) >= 11 is 0. The van der Waals surface area contributed by atoms with Crippen LogP contribution >= 0.6 is 0 Å². The standard InChI is InChI=1S/C23H26N2O3S/c1-17-10-12-21(13-11-17)29(27,28)24(4)16-23(26)22-14-18(2)25(19(22)3)15-20-8-6-5-7-9-20/h5-14H,15-16H2,1-4H3. The van der Waals surface area contributed by atoms with Crippen molar-refractivity contribution in [2.45, 2.75) is 32.2 Å². The highest BCUT2D eigenvalue weighted by atomic mass is 32.2. The van der Waals surface area contributed by atoms with Crippen LogP contribution in [0.1, 0.15) is 32.9 Å². The van der Waals surface area contributed by atoms with E-state index >= 15 is 0 Å². The van der Waals surface area contributed by atoms with Crippen LogP contribution in [0.25, 0.3) is 0 Å². The molecule has 0 atom stereocenters. The van der Waals surface area contributed by atoms with Crippen molar-refractivity contribution in [2.75, 3.05) is 13.6 Å². The van der Waals surface area contributed by atoms with Crippen LogP contribution in [0.4, 0.5) is 0 Å². The van der Waals surface area contributed by atoms with E-state index in [4.69, 9.17) is 0 Å². The Bertz CT molecular complexity index is 1110. The van der Waals surface area contributed by atoms with Gasteiger partial charge < -0.3 is 4.57 Å². The fraction of sp³-hybridized carbons (Fsp3) is 0.261. The number of carbonyl (C=O) groups excluding carboxylic acids is 1. The van der Waals surface area contributed by atoms with Gasteiger partial charge in [0.25, 0.3) is 0 Å². The molecule has 3 rings (SSSR count). The minimum Gasteiger partial charge on any atom is -0.344 e. The highest BCUT2D eigenvalue weighted by Gasteiger charge is 2.25. The van der Waals surface area contributed by atoms with Crippen molar-refractivity contribution >= 4 is 15.8 Å². The van der Waals surface area contributed by atoms with E-state index in [2.05, 4.69) is 4.57 Å². The molecule has 0 amide bonds. The molecule has 0 aliphatic rings. The molecule has 29 heavy (non-hydrogen) atoms. The molecule has 0 unspecified atom stereocenters. The van der Waals surface area contributed by atoms with Gasteiger partial charge in [-0.15, -0.1) is 0 Å². The number of rotatable bonds is 7. The first kappa shape index (κ1) is 21.0. The quantitative estimate of drug-likeness (QED) is 0.554. The summed E-state index contributed by atoms with van der Waals surface area (Å²) in [7, 11) is -2.28. The third-order valence-corrected chi connectivity index (χ3v) is 6.97. The van der Waals surface area contributed by atoms with Gasteiger partial charge in [-0.1, -0.05) is 48.0 Å². The van der Waals surface area contributed by atoms with Gasteiger partial charge in [0.05, 0.1) is 11.4 Å². The zero-order chi connectivity index (χ0) is 21.2. The topological polar surface area (TPSA) is 59.4 Å². The van der Waals surface area contributed by atoms with Gasteiger partial charge >= 0.3 is 0 Å². The van der Waals surface area contributed by atoms with Crippen molar-refractivity contribution in [1.29, 1.82) is 0 Å². The number of ketones is 1. The molecular formula is C23H26N2O3S. The van der Waals surface area contributed by atoms with E-state index in [1.165, 1.54) is 7.05 Å². The van der Waals surface area contributed by atoms with Gasteiger partial charge in [0, 0.05) is 30.5 Å². The van der Waals surface area contributed by atoms with E-state index in [0.717, 1.165) is 26.8 Å². The van der Waals surface area contributed by atoms with Gasteiger partial charge in [-0.25, -0.2) is 8.42 Å². The number of hydrogen-bond acceptors (Lipinski definition) is 3. The molecule has 0 saturated carbocycles. The Labute approximate surface area is 172 Å². The summed E-state index contributed by atoms with van der Waals surface area (Å²) in [4.78, 5) is 13.1. The Morgan fingerprint density at radius 1 is 0.966 bits per heavy atom. The van der Waals surface area contributed by atoms with E-state index < -0.39 is 10.0 Å². The Kier molecular flexibility index (Phi) is 6.05. The maximum absolute atomic E-state index is 12.9. The minimum absolute atomic E-state index is 0.188. The number of aryl methyl sites for hydroxylation is 2. The summed E-state index contributed by atoms with van der Waals surface area (Å²) < 4.78 is 28.7. The van der Waals surface area contributed by atoms with Gasteiger partial charge in [0.15, 0.2) is 5.78 Å². The average Bonchev–Trinajstić information content (AvgIpc) is 2.97. The first-order valence-corrected chi connectivity index (χ1v) is 10.9. The van der Waals surface area contributed by atoms with Gasteiger partial charge in [0.1, 0.15) is 0 Å². The predicted octanol–water partition coefficient (Wildman–Crippen LogP) is 3.97. The molecule has 2 aromatic carbocycles. The van der Waals surface area contributed by atoms with Crippen LogP contribution in [0.15, 0.2) is 65.6 Å². The molecule has 0 radical (unpaired) electrons. The maximum atomic E-state index is 12.9. The third-order valence-electron chi connectivity index (χ3n) is 5.15. The maximum Gasteiger partial charge on any atom is 0.243 e. The van der Waals surface area contributed by atoms with Crippen molar-refractivity contribution in [3.63, 3.8) is 0 Å². The summed E-state index contributed by atoms with van der Waals surface area (Å²) in [6, 6.07) is 18.5. The Balaban J connectivity index is 1.80. The van der Waals surface area contributed by atoms with Crippen molar-refractivity contribution in [3.05, 3.63) is 88.7 Å². The predicted molar refractivity (Wildman–Crippen MR) is 115 cm³/mol. The molecule has 0 aliphatic heterocycles. The molecule has 0 spiro atoms. The van der Waals surface area contributed by atoms with E-state index in [1.807, 2.05) is 57.2 Å². The fourth-order valence-corrected chi connectivity index (χ4v) is 4.48.